The third kappa shape index (κ3) is 4.21. The molecule has 1 amide bonds. The van der Waals surface area contributed by atoms with Gasteiger partial charge in [-0.2, -0.15) is 0 Å². The van der Waals surface area contributed by atoms with E-state index in [9.17, 15) is 4.79 Å². The number of carbonyl (C=O) groups excluding carboxylic acids is 1. The van der Waals surface area contributed by atoms with E-state index in [0.717, 1.165) is 29.9 Å². The first-order valence-electron chi connectivity index (χ1n) is 8.99. The molecule has 2 unspecified atom stereocenters. The first kappa shape index (κ1) is 17.5. The number of amides is 1. The van der Waals surface area contributed by atoms with Crippen molar-refractivity contribution < 1.29 is 14.1 Å². The summed E-state index contributed by atoms with van der Waals surface area (Å²) in [5, 5.41) is 7.11. The van der Waals surface area contributed by atoms with E-state index < -0.39 is 0 Å². The lowest BCUT2D eigenvalue weighted by Gasteiger charge is -2.27. The smallest absolute Gasteiger partial charge is 0.255 e. The molecule has 1 fully saturated rings. The Kier molecular flexibility index (Phi) is 5.41. The Morgan fingerprint density at radius 2 is 2.12 bits per heavy atom. The molecule has 0 bridgehead atoms. The normalized spacial score (nSPS) is 20.3. The standard InChI is InChI=1S/C20H26N2O3/c1-13-7-6-8-16(11-13)21-20(23)17-9-4-5-10-19(17)24-12-18-14(2)22-25-15(18)3/h4-5,9-10,13,16H,6-8,11-12H2,1-3H3,(H,21,23). The molecule has 5 heteroatoms. The van der Waals surface area contributed by atoms with Crippen LogP contribution in [0.25, 0.3) is 0 Å². The van der Waals surface area contributed by atoms with Crippen LogP contribution in [0.4, 0.5) is 0 Å². The minimum Gasteiger partial charge on any atom is -0.488 e. The molecule has 0 radical (unpaired) electrons. The zero-order valence-electron chi connectivity index (χ0n) is 15.2. The number of hydrogen-bond acceptors (Lipinski definition) is 4. The molecule has 1 aliphatic rings. The Morgan fingerprint density at radius 3 is 2.84 bits per heavy atom. The minimum absolute atomic E-state index is 0.0616. The van der Waals surface area contributed by atoms with Crippen LogP contribution in [0.2, 0.25) is 0 Å². The number of rotatable bonds is 5. The summed E-state index contributed by atoms with van der Waals surface area (Å²) in [7, 11) is 0. The number of nitrogens with zero attached hydrogens (tertiary/aromatic N) is 1. The van der Waals surface area contributed by atoms with Crippen molar-refractivity contribution in [1.29, 1.82) is 0 Å². The third-order valence-corrected chi connectivity index (χ3v) is 4.96. The van der Waals surface area contributed by atoms with E-state index in [4.69, 9.17) is 9.26 Å². The van der Waals surface area contributed by atoms with Crippen molar-refractivity contribution in [3.05, 3.63) is 46.8 Å². The second-order valence-electron chi connectivity index (χ2n) is 7.03. The molecule has 1 saturated carbocycles. The van der Waals surface area contributed by atoms with Crippen LogP contribution in [-0.4, -0.2) is 17.1 Å². The third-order valence-electron chi connectivity index (χ3n) is 4.96. The van der Waals surface area contributed by atoms with Crippen molar-refractivity contribution in [2.45, 2.75) is 59.1 Å². The summed E-state index contributed by atoms with van der Waals surface area (Å²) in [5.41, 5.74) is 2.32. The molecule has 0 saturated heterocycles. The maximum Gasteiger partial charge on any atom is 0.255 e. The van der Waals surface area contributed by atoms with Gasteiger partial charge in [-0.1, -0.05) is 37.1 Å². The second kappa shape index (κ2) is 7.72. The van der Waals surface area contributed by atoms with Gasteiger partial charge in [-0.3, -0.25) is 4.79 Å². The second-order valence-corrected chi connectivity index (χ2v) is 7.03. The van der Waals surface area contributed by atoms with E-state index in [-0.39, 0.29) is 11.9 Å². The molecule has 1 aromatic heterocycles. The lowest BCUT2D eigenvalue weighted by molar-refractivity contribution is 0.0917. The van der Waals surface area contributed by atoms with Gasteiger partial charge in [0.15, 0.2) is 0 Å². The fourth-order valence-electron chi connectivity index (χ4n) is 3.47. The van der Waals surface area contributed by atoms with Gasteiger partial charge in [0.05, 0.1) is 16.8 Å². The van der Waals surface area contributed by atoms with E-state index in [1.807, 2.05) is 38.1 Å². The van der Waals surface area contributed by atoms with Crippen molar-refractivity contribution in [2.75, 3.05) is 0 Å². The highest BCUT2D eigenvalue weighted by atomic mass is 16.5. The largest absolute Gasteiger partial charge is 0.488 e. The molecule has 3 rings (SSSR count). The Labute approximate surface area is 148 Å². The molecule has 1 N–H and O–H groups in total. The molecule has 25 heavy (non-hydrogen) atoms. The molecule has 2 atom stereocenters. The highest BCUT2D eigenvalue weighted by Crippen LogP contribution is 2.25. The van der Waals surface area contributed by atoms with Crippen molar-refractivity contribution in [3.63, 3.8) is 0 Å². The average molecular weight is 342 g/mol. The van der Waals surface area contributed by atoms with Gasteiger partial charge < -0.3 is 14.6 Å². The van der Waals surface area contributed by atoms with Crippen molar-refractivity contribution in [2.24, 2.45) is 5.92 Å². The van der Waals surface area contributed by atoms with Crippen LogP contribution in [0.3, 0.4) is 0 Å². The van der Waals surface area contributed by atoms with Crippen molar-refractivity contribution in [1.82, 2.24) is 10.5 Å². The number of aromatic nitrogens is 1. The summed E-state index contributed by atoms with van der Waals surface area (Å²) >= 11 is 0. The zero-order valence-corrected chi connectivity index (χ0v) is 15.2. The predicted molar refractivity (Wildman–Crippen MR) is 95.6 cm³/mol. The summed E-state index contributed by atoms with van der Waals surface area (Å²) in [6, 6.07) is 7.64. The van der Waals surface area contributed by atoms with E-state index in [2.05, 4.69) is 17.4 Å². The molecular formula is C20H26N2O3. The van der Waals surface area contributed by atoms with Crippen LogP contribution in [0, 0.1) is 19.8 Å². The topological polar surface area (TPSA) is 64.4 Å². The molecule has 1 aliphatic carbocycles. The Hall–Kier alpha value is -2.30. The first-order chi connectivity index (χ1) is 12.0. The first-order valence-corrected chi connectivity index (χ1v) is 8.99. The number of para-hydroxylation sites is 1. The Morgan fingerprint density at radius 1 is 1.32 bits per heavy atom. The average Bonchev–Trinajstić information content (AvgIpc) is 2.91. The molecule has 1 heterocycles. The lowest BCUT2D eigenvalue weighted by Crippen LogP contribution is -2.38. The summed E-state index contributed by atoms with van der Waals surface area (Å²) < 4.78 is 11.1. The number of carbonyl (C=O) groups is 1. The van der Waals surface area contributed by atoms with Crippen molar-refractivity contribution >= 4 is 5.91 Å². The van der Waals surface area contributed by atoms with Crippen molar-refractivity contribution in [3.8, 4) is 5.75 Å². The summed E-state index contributed by atoms with van der Waals surface area (Å²) in [4.78, 5) is 12.7. The van der Waals surface area contributed by atoms with Gasteiger partial charge in [0.2, 0.25) is 0 Å². The number of benzene rings is 1. The molecule has 0 aliphatic heterocycles. The van der Waals surface area contributed by atoms with Crippen LogP contribution in [0.1, 0.15) is 60.0 Å². The monoisotopic (exact) mass is 342 g/mol. The van der Waals surface area contributed by atoms with Gasteiger partial charge in [0.25, 0.3) is 5.91 Å². The molecule has 1 aromatic carbocycles. The summed E-state index contributed by atoms with van der Waals surface area (Å²) in [6.07, 6.45) is 4.53. The predicted octanol–water partition coefficient (Wildman–Crippen LogP) is 4.18. The van der Waals surface area contributed by atoms with Crippen LogP contribution < -0.4 is 10.1 Å². The van der Waals surface area contributed by atoms with Crippen LogP contribution in [0.15, 0.2) is 28.8 Å². The van der Waals surface area contributed by atoms with E-state index in [1.165, 1.54) is 12.8 Å². The fourth-order valence-corrected chi connectivity index (χ4v) is 3.47. The van der Waals surface area contributed by atoms with Gasteiger partial charge in [-0.05, 0) is 44.7 Å². The Balaban J connectivity index is 1.68. The molecule has 5 nitrogen and oxygen atoms in total. The molecular weight excluding hydrogens is 316 g/mol. The number of ether oxygens (including phenoxy) is 1. The zero-order chi connectivity index (χ0) is 17.8. The van der Waals surface area contributed by atoms with E-state index >= 15 is 0 Å². The van der Waals surface area contributed by atoms with Gasteiger partial charge >= 0.3 is 0 Å². The lowest BCUT2D eigenvalue weighted by atomic mass is 9.87. The number of nitrogens with one attached hydrogen (secondary N) is 1. The Bertz CT molecular complexity index is 719. The van der Waals surface area contributed by atoms with Gasteiger partial charge in [-0.25, -0.2) is 0 Å². The van der Waals surface area contributed by atoms with Gasteiger partial charge in [0.1, 0.15) is 18.1 Å². The maximum atomic E-state index is 12.7. The highest BCUT2D eigenvalue weighted by Gasteiger charge is 2.22. The number of hydrogen-bond donors (Lipinski definition) is 1. The summed E-state index contributed by atoms with van der Waals surface area (Å²) in [6.45, 7) is 6.34. The van der Waals surface area contributed by atoms with Gasteiger partial charge in [0, 0.05) is 6.04 Å². The SMILES string of the molecule is Cc1noc(C)c1COc1ccccc1C(=O)NC1CCCC(C)C1. The van der Waals surface area contributed by atoms with E-state index in [0.29, 0.717) is 23.8 Å². The highest BCUT2D eigenvalue weighted by molar-refractivity contribution is 5.97. The van der Waals surface area contributed by atoms with Gasteiger partial charge in [-0.15, -0.1) is 0 Å². The fraction of sp³-hybridized carbons (Fsp3) is 0.500. The number of aryl methyl sites for hydroxylation is 2. The van der Waals surface area contributed by atoms with Crippen LogP contribution in [-0.2, 0) is 6.61 Å². The maximum absolute atomic E-state index is 12.7. The van der Waals surface area contributed by atoms with E-state index in [1.54, 1.807) is 0 Å². The summed E-state index contributed by atoms with van der Waals surface area (Å²) in [5.74, 6) is 1.94. The molecule has 0 spiro atoms. The molecule has 2 aromatic rings. The quantitative estimate of drug-likeness (QED) is 0.885. The van der Waals surface area contributed by atoms with Crippen LogP contribution >= 0.6 is 0 Å². The minimum atomic E-state index is -0.0616. The molecule has 134 valence electrons. The van der Waals surface area contributed by atoms with Crippen LogP contribution in [0.5, 0.6) is 5.75 Å².